The summed E-state index contributed by atoms with van der Waals surface area (Å²) in [7, 11) is 3.88. The lowest BCUT2D eigenvalue weighted by molar-refractivity contribution is 0.287. The van der Waals surface area contributed by atoms with Gasteiger partial charge in [-0.15, -0.1) is 0 Å². The predicted octanol–water partition coefficient (Wildman–Crippen LogP) is 3.87. The minimum Gasteiger partial charge on any atom is -0.468 e. The number of hydrogen-bond acceptors (Lipinski definition) is 4. The van der Waals surface area contributed by atoms with E-state index in [2.05, 4.69) is 56.8 Å². The van der Waals surface area contributed by atoms with Crippen LogP contribution < -0.4 is 10.6 Å². The van der Waals surface area contributed by atoms with Gasteiger partial charge in [-0.1, -0.05) is 41.9 Å². The molecule has 6 nitrogen and oxygen atoms in total. The molecule has 0 aliphatic rings. The first kappa shape index (κ1) is 21.9. The normalized spacial score (nSPS) is 11.7. The Bertz CT molecular complexity index is 925. The third-order valence-electron chi connectivity index (χ3n) is 4.73. The molecule has 2 aromatic heterocycles. The number of nitrogens with one attached hydrogen (secondary N) is 2. The monoisotopic (exact) mass is 425 g/mol. The molecule has 0 saturated carbocycles. The average molecular weight is 426 g/mol. The molecule has 7 heteroatoms. The standard InChI is InChI=1S/C23H28ClN5O/c1-25-23(26-12-11-18-9-10-22(24)27-14-18)28-15-19-6-3-4-7-20(19)16-29(2)17-21-8-5-13-30-21/h3-10,13-14H,11-12,15-17H2,1-2H3,(H2,25,26,28). The Balaban J connectivity index is 1.49. The van der Waals surface area contributed by atoms with E-state index in [-0.39, 0.29) is 0 Å². The molecule has 0 saturated heterocycles. The molecule has 0 spiro atoms. The van der Waals surface area contributed by atoms with Crippen LogP contribution in [0, 0.1) is 0 Å². The second kappa shape index (κ2) is 11.4. The highest BCUT2D eigenvalue weighted by molar-refractivity contribution is 6.29. The average Bonchev–Trinajstić information content (AvgIpc) is 3.25. The van der Waals surface area contributed by atoms with Crippen LogP contribution in [0.5, 0.6) is 0 Å². The van der Waals surface area contributed by atoms with Crippen molar-refractivity contribution in [3.63, 3.8) is 0 Å². The second-order valence-electron chi connectivity index (χ2n) is 7.11. The van der Waals surface area contributed by atoms with Gasteiger partial charge in [0.15, 0.2) is 5.96 Å². The van der Waals surface area contributed by atoms with E-state index in [4.69, 9.17) is 16.0 Å². The van der Waals surface area contributed by atoms with Gasteiger partial charge in [-0.05, 0) is 48.4 Å². The number of rotatable bonds is 9. The van der Waals surface area contributed by atoms with E-state index in [0.717, 1.165) is 43.3 Å². The van der Waals surface area contributed by atoms with Gasteiger partial charge in [-0.25, -0.2) is 4.98 Å². The van der Waals surface area contributed by atoms with E-state index >= 15 is 0 Å². The summed E-state index contributed by atoms with van der Waals surface area (Å²) in [5.74, 6) is 1.74. The predicted molar refractivity (Wildman–Crippen MR) is 121 cm³/mol. The van der Waals surface area contributed by atoms with E-state index in [9.17, 15) is 0 Å². The number of halogens is 1. The van der Waals surface area contributed by atoms with E-state index in [1.54, 1.807) is 19.5 Å². The number of hydrogen-bond donors (Lipinski definition) is 2. The molecule has 2 N–H and O–H groups in total. The van der Waals surface area contributed by atoms with Crippen molar-refractivity contribution in [1.82, 2.24) is 20.5 Å². The first-order valence-corrected chi connectivity index (χ1v) is 10.3. The van der Waals surface area contributed by atoms with Crippen LogP contribution in [-0.2, 0) is 26.1 Å². The van der Waals surface area contributed by atoms with Crippen molar-refractivity contribution in [2.24, 2.45) is 4.99 Å². The maximum absolute atomic E-state index is 5.83. The van der Waals surface area contributed by atoms with Crippen LogP contribution in [0.1, 0.15) is 22.5 Å². The number of benzene rings is 1. The number of furan rings is 1. The molecule has 0 fully saturated rings. The fourth-order valence-electron chi connectivity index (χ4n) is 3.18. The number of aliphatic imine (C=N–C) groups is 1. The maximum Gasteiger partial charge on any atom is 0.191 e. The summed E-state index contributed by atoms with van der Waals surface area (Å²) < 4.78 is 5.45. The molecule has 0 aliphatic heterocycles. The van der Waals surface area contributed by atoms with Gasteiger partial charge in [0.25, 0.3) is 0 Å². The highest BCUT2D eigenvalue weighted by Crippen LogP contribution is 2.13. The molecule has 0 aliphatic carbocycles. The number of guanidine groups is 1. The Morgan fingerprint density at radius 2 is 1.90 bits per heavy atom. The van der Waals surface area contributed by atoms with Gasteiger partial charge in [-0.3, -0.25) is 9.89 Å². The molecule has 3 rings (SSSR count). The first-order chi connectivity index (χ1) is 14.6. The van der Waals surface area contributed by atoms with Crippen molar-refractivity contribution in [2.75, 3.05) is 20.6 Å². The van der Waals surface area contributed by atoms with Gasteiger partial charge in [0, 0.05) is 32.9 Å². The molecule has 0 bridgehead atoms. The summed E-state index contributed by atoms with van der Waals surface area (Å²) in [4.78, 5) is 10.7. The molecular formula is C23H28ClN5O. The van der Waals surface area contributed by atoms with E-state index < -0.39 is 0 Å². The minimum atomic E-state index is 0.512. The molecule has 0 amide bonds. The van der Waals surface area contributed by atoms with E-state index in [1.807, 2.05) is 24.3 Å². The summed E-state index contributed by atoms with van der Waals surface area (Å²) in [6.45, 7) is 3.08. The Kier molecular flexibility index (Phi) is 8.30. The number of nitrogens with zero attached hydrogens (tertiary/aromatic N) is 3. The SMILES string of the molecule is CN=C(NCCc1ccc(Cl)nc1)NCc1ccccc1CN(C)Cc1ccco1. The molecule has 0 radical (unpaired) electrons. The zero-order valence-electron chi connectivity index (χ0n) is 17.4. The summed E-state index contributed by atoms with van der Waals surface area (Å²) in [6, 6.07) is 16.2. The zero-order chi connectivity index (χ0) is 21.2. The molecule has 0 atom stereocenters. The van der Waals surface area contributed by atoms with Crippen LogP contribution >= 0.6 is 11.6 Å². The van der Waals surface area contributed by atoms with Gasteiger partial charge >= 0.3 is 0 Å². The van der Waals surface area contributed by atoms with Crippen molar-refractivity contribution < 1.29 is 4.42 Å². The lowest BCUT2D eigenvalue weighted by Crippen LogP contribution is -2.38. The van der Waals surface area contributed by atoms with Crippen molar-refractivity contribution in [1.29, 1.82) is 0 Å². The molecule has 0 unspecified atom stereocenters. The van der Waals surface area contributed by atoms with Gasteiger partial charge in [0.1, 0.15) is 10.9 Å². The molecule has 1 aromatic carbocycles. The van der Waals surface area contributed by atoms with Gasteiger partial charge in [0.05, 0.1) is 12.8 Å². The van der Waals surface area contributed by atoms with Crippen LogP contribution in [0.15, 0.2) is 70.4 Å². The zero-order valence-corrected chi connectivity index (χ0v) is 18.2. The second-order valence-corrected chi connectivity index (χ2v) is 7.50. The van der Waals surface area contributed by atoms with Crippen molar-refractivity contribution in [3.05, 3.63) is 88.6 Å². The Labute approximate surface area is 183 Å². The Morgan fingerprint density at radius 3 is 2.60 bits per heavy atom. The summed E-state index contributed by atoms with van der Waals surface area (Å²) in [5, 5.41) is 7.27. The van der Waals surface area contributed by atoms with Crippen LogP contribution in [-0.4, -0.2) is 36.5 Å². The van der Waals surface area contributed by atoms with Crippen molar-refractivity contribution in [2.45, 2.75) is 26.1 Å². The Morgan fingerprint density at radius 1 is 1.07 bits per heavy atom. The third kappa shape index (κ3) is 6.90. The highest BCUT2D eigenvalue weighted by atomic mass is 35.5. The van der Waals surface area contributed by atoms with Crippen LogP contribution in [0.3, 0.4) is 0 Å². The third-order valence-corrected chi connectivity index (χ3v) is 4.95. The molecular weight excluding hydrogens is 398 g/mol. The fraction of sp³-hybridized carbons (Fsp3) is 0.304. The van der Waals surface area contributed by atoms with E-state index in [1.165, 1.54) is 11.1 Å². The fourth-order valence-corrected chi connectivity index (χ4v) is 3.29. The summed E-state index contributed by atoms with van der Waals surface area (Å²) >= 11 is 5.83. The van der Waals surface area contributed by atoms with Gasteiger partial charge in [0.2, 0.25) is 0 Å². The van der Waals surface area contributed by atoms with Crippen LogP contribution in [0.2, 0.25) is 5.15 Å². The molecule has 30 heavy (non-hydrogen) atoms. The Hall–Kier alpha value is -2.83. The topological polar surface area (TPSA) is 65.7 Å². The van der Waals surface area contributed by atoms with Crippen molar-refractivity contribution >= 4 is 17.6 Å². The number of pyridine rings is 1. The van der Waals surface area contributed by atoms with Crippen molar-refractivity contribution in [3.8, 4) is 0 Å². The molecule has 158 valence electrons. The maximum atomic E-state index is 5.83. The lowest BCUT2D eigenvalue weighted by Gasteiger charge is -2.19. The molecule has 3 aromatic rings. The first-order valence-electron chi connectivity index (χ1n) is 9.96. The minimum absolute atomic E-state index is 0.512. The van der Waals surface area contributed by atoms with E-state index in [0.29, 0.717) is 11.7 Å². The number of aromatic nitrogens is 1. The summed E-state index contributed by atoms with van der Waals surface area (Å²) in [6.07, 6.45) is 4.36. The van der Waals surface area contributed by atoms with Gasteiger partial charge < -0.3 is 15.1 Å². The lowest BCUT2D eigenvalue weighted by atomic mass is 10.1. The largest absolute Gasteiger partial charge is 0.468 e. The smallest absolute Gasteiger partial charge is 0.191 e. The van der Waals surface area contributed by atoms with Crippen LogP contribution in [0.25, 0.3) is 0 Å². The van der Waals surface area contributed by atoms with Crippen LogP contribution in [0.4, 0.5) is 0 Å². The quantitative estimate of drug-likeness (QED) is 0.309. The summed E-state index contributed by atoms with van der Waals surface area (Å²) in [5.41, 5.74) is 3.66. The highest BCUT2D eigenvalue weighted by Gasteiger charge is 2.08. The molecule has 2 heterocycles. The van der Waals surface area contributed by atoms with Gasteiger partial charge in [-0.2, -0.15) is 0 Å².